The SMILES string of the molecule is C/C=C(/CN(Cc1ccccc1)CC(SC)SC)[C@@H]1CCc2c(c3ccccc3n2C)[C@H]1C(=O)OC. The van der Waals surface area contributed by atoms with Gasteiger partial charge in [0.15, 0.2) is 0 Å². The van der Waals surface area contributed by atoms with Crippen molar-refractivity contribution in [3.8, 4) is 0 Å². The number of fused-ring (bicyclic) bond motifs is 3. The van der Waals surface area contributed by atoms with Crippen molar-refractivity contribution in [1.29, 1.82) is 0 Å². The smallest absolute Gasteiger partial charge is 0.313 e. The summed E-state index contributed by atoms with van der Waals surface area (Å²) >= 11 is 3.82. The summed E-state index contributed by atoms with van der Waals surface area (Å²) in [4.78, 5) is 15.9. The number of thioether (sulfide) groups is 2. The molecule has 0 amide bonds. The highest BCUT2D eigenvalue weighted by atomic mass is 32.2. The largest absolute Gasteiger partial charge is 0.469 e. The van der Waals surface area contributed by atoms with Crippen LogP contribution in [-0.2, 0) is 29.5 Å². The number of hydrogen-bond donors (Lipinski definition) is 0. The number of methoxy groups -OCH3 is 1. The number of carbonyl (C=O) groups excluding carboxylic acids is 1. The maximum atomic E-state index is 13.4. The second-order valence-electron chi connectivity index (χ2n) is 9.50. The molecule has 0 saturated carbocycles. The van der Waals surface area contributed by atoms with Crippen LogP contribution in [0.2, 0.25) is 0 Å². The van der Waals surface area contributed by atoms with Crippen molar-refractivity contribution in [3.05, 3.63) is 83.1 Å². The number of ether oxygens (including phenoxy) is 1. The molecule has 1 heterocycles. The van der Waals surface area contributed by atoms with E-state index in [0.717, 1.165) is 38.0 Å². The lowest BCUT2D eigenvalue weighted by Gasteiger charge is -2.35. The summed E-state index contributed by atoms with van der Waals surface area (Å²) in [5.41, 5.74) is 6.27. The highest BCUT2D eigenvalue weighted by Gasteiger charge is 2.40. The number of para-hydroxylation sites is 1. The van der Waals surface area contributed by atoms with E-state index in [-0.39, 0.29) is 17.8 Å². The monoisotopic (exact) mass is 522 g/mol. The maximum absolute atomic E-state index is 13.4. The fraction of sp³-hybridized carbons (Fsp3) is 0.433. The first kappa shape index (κ1) is 26.9. The van der Waals surface area contributed by atoms with E-state index in [0.29, 0.717) is 4.58 Å². The minimum Gasteiger partial charge on any atom is -0.469 e. The Morgan fingerprint density at radius 2 is 1.83 bits per heavy atom. The normalized spacial score (nSPS) is 18.1. The van der Waals surface area contributed by atoms with E-state index in [1.165, 1.54) is 34.8 Å². The van der Waals surface area contributed by atoms with Crippen LogP contribution in [0.1, 0.15) is 36.1 Å². The summed E-state index contributed by atoms with van der Waals surface area (Å²) in [6.45, 7) is 4.86. The minimum atomic E-state index is -0.286. The average molecular weight is 523 g/mol. The van der Waals surface area contributed by atoms with E-state index < -0.39 is 0 Å². The molecule has 192 valence electrons. The molecule has 0 aliphatic heterocycles. The third-order valence-electron chi connectivity index (χ3n) is 7.57. The van der Waals surface area contributed by atoms with Gasteiger partial charge in [0.25, 0.3) is 0 Å². The summed E-state index contributed by atoms with van der Waals surface area (Å²) in [6, 6.07) is 19.2. The van der Waals surface area contributed by atoms with E-state index in [2.05, 4.69) is 96.6 Å². The first-order valence-corrected chi connectivity index (χ1v) is 15.2. The van der Waals surface area contributed by atoms with Crippen molar-refractivity contribution in [2.75, 3.05) is 32.7 Å². The zero-order valence-electron chi connectivity index (χ0n) is 22.1. The number of nitrogens with zero attached hydrogens (tertiary/aromatic N) is 2. The number of allylic oxidation sites excluding steroid dienone is 1. The van der Waals surface area contributed by atoms with E-state index in [4.69, 9.17) is 4.74 Å². The van der Waals surface area contributed by atoms with Gasteiger partial charge in [-0.05, 0) is 55.4 Å². The number of aryl methyl sites for hydroxylation is 1. The Morgan fingerprint density at radius 1 is 1.14 bits per heavy atom. The summed E-state index contributed by atoms with van der Waals surface area (Å²) < 4.78 is 8.21. The molecule has 2 aromatic carbocycles. The van der Waals surface area contributed by atoms with Gasteiger partial charge in [-0.2, -0.15) is 0 Å². The van der Waals surface area contributed by atoms with Crippen LogP contribution in [0.3, 0.4) is 0 Å². The van der Waals surface area contributed by atoms with Crippen molar-refractivity contribution in [2.45, 2.75) is 36.8 Å². The molecule has 0 radical (unpaired) electrons. The second kappa shape index (κ2) is 12.4. The zero-order valence-corrected chi connectivity index (χ0v) is 23.7. The first-order chi connectivity index (χ1) is 17.5. The lowest BCUT2D eigenvalue weighted by Crippen LogP contribution is -2.36. The highest BCUT2D eigenvalue weighted by molar-refractivity contribution is 8.16. The van der Waals surface area contributed by atoms with Crippen molar-refractivity contribution in [2.24, 2.45) is 13.0 Å². The van der Waals surface area contributed by atoms with Gasteiger partial charge in [-0.1, -0.05) is 60.2 Å². The highest BCUT2D eigenvalue weighted by Crippen LogP contribution is 2.45. The minimum absolute atomic E-state index is 0.126. The van der Waals surface area contributed by atoms with E-state index in [1.54, 1.807) is 0 Å². The topological polar surface area (TPSA) is 34.5 Å². The van der Waals surface area contributed by atoms with Gasteiger partial charge >= 0.3 is 5.97 Å². The molecule has 4 nitrogen and oxygen atoms in total. The molecule has 36 heavy (non-hydrogen) atoms. The molecule has 0 saturated heterocycles. The molecule has 6 heteroatoms. The summed E-state index contributed by atoms with van der Waals surface area (Å²) in [7, 11) is 3.65. The number of rotatable bonds is 10. The molecule has 0 fully saturated rings. The third kappa shape index (κ3) is 5.56. The number of hydrogen-bond acceptors (Lipinski definition) is 5. The van der Waals surface area contributed by atoms with E-state index in [9.17, 15) is 4.79 Å². The number of esters is 1. The molecule has 0 spiro atoms. The molecule has 0 unspecified atom stereocenters. The van der Waals surface area contributed by atoms with E-state index in [1.807, 2.05) is 23.5 Å². The molecule has 3 aromatic rings. The Balaban J connectivity index is 1.69. The van der Waals surface area contributed by atoms with Crippen LogP contribution in [0.4, 0.5) is 0 Å². The molecule has 1 aromatic heterocycles. The summed E-state index contributed by atoms with van der Waals surface area (Å²) in [6.07, 6.45) is 8.54. The Hall–Kier alpha value is -2.15. The van der Waals surface area contributed by atoms with Crippen molar-refractivity contribution in [3.63, 3.8) is 0 Å². The Labute approximate surface area is 224 Å². The fourth-order valence-electron chi connectivity index (χ4n) is 5.76. The molecule has 0 bridgehead atoms. The maximum Gasteiger partial charge on any atom is 0.313 e. The average Bonchev–Trinajstić information content (AvgIpc) is 3.21. The zero-order chi connectivity index (χ0) is 25.7. The van der Waals surface area contributed by atoms with Gasteiger partial charge in [0.1, 0.15) is 0 Å². The van der Waals surface area contributed by atoms with Gasteiger partial charge in [0, 0.05) is 43.3 Å². The number of benzene rings is 2. The molecule has 0 N–H and O–H groups in total. The number of carbonyl (C=O) groups is 1. The Morgan fingerprint density at radius 3 is 2.50 bits per heavy atom. The van der Waals surface area contributed by atoms with Crippen LogP contribution >= 0.6 is 23.5 Å². The van der Waals surface area contributed by atoms with Crippen LogP contribution in [0.15, 0.2) is 66.2 Å². The molecule has 4 rings (SSSR count). The summed E-state index contributed by atoms with van der Waals surface area (Å²) in [5, 5.41) is 1.18. The lowest BCUT2D eigenvalue weighted by atomic mass is 9.72. The van der Waals surface area contributed by atoms with Crippen molar-refractivity contribution < 1.29 is 9.53 Å². The lowest BCUT2D eigenvalue weighted by molar-refractivity contribution is -0.143. The molecule has 1 aliphatic rings. The quantitative estimate of drug-likeness (QED) is 0.173. The first-order valence-electron chi connectivity index (χ1n) is 12.6. The fourth-order valence-corrected chi connectivity index (χ4v) is 7.25. The van der Waals surface area contributed by atoms with Crippen LogP contribution in [0, 0.1) is 5.92 Å². The molecular weight excluding hydrogens is 484 g/mol. The van der Waals surface area contributed by atoms with Gasteiger partial charge in [0.2, 0.25) is 0 Å². The Kier molecular flexibility index (Phi) is 9.26. The van der Waals surface area contributed by atoms with Gasteiger partial charge in [0.05, 0.1) is 17.6 Å². The van der Waals surface area contributed by atoms with Crippen LogP contribution in [-0.4, -0.2) is 52.7 Å². The van der Waals surface area contributed by atoms with Gasteiger partial charge < -0.3 is 9.30 Å². The van der Waals surface area contributed by atoms with Gasteiger partial charge in [-0.3, -0.25) is 9.69 Å². The Bertz CT molecular complexity index is 1200. The number of aromatic nitrogens is 1. The molecular formula is C30H38N2O2S2. The van der Waals surface area contributed by atoms with Crippen molar-refractivity contribution in [1.82, 2.24) is 9.47 Å². The third-order valence-corrected chi connectivity index (χ3v) is 10.1. The van der Waals surface area contributed by atoms with Crippen molar-refractivity contribution >= 4 is 40.4 Å². The van der Waals surface area contributed by atoms with E-state index >= 15 is 0 Å². The second-order valence-corrected chi connectivity index (χ2v) is 11.9. The van der Waals surface area contributed by atoms with Gasteiger partial charge in [-0.25, -0.2) is 0 Å². The predicted octanol–water partition coefficient (Wildman–Crippen LogP) is 6.50. The molecule has 1 aliphatic carbocycles. The standard InChI is InChI=1S/C30H38N2O2S2/c1-6-22(19-32(20-27(35-4)36-5)18-21-12-8-7-9-13-21)23-16-17-26-28(29(23)30(33)34-3)24-14-10-11-15-25(24)31(26)2/h6-15,23,27,29H,16-20H2,1-5H3/b22-6-/t23-,29-/m0/s1. The molecule has 2 atom stereocenters. The van der Waals surface area contributed by atoms with Crippen LogP contribution in [0.25, 0.3) is 10.9 Å². The van der Waals surface area contributed by atoms with Crippen LogP contribution < -0.4 is 0 Å². The van der Waals surface area contributed by atoms with Gasteiger partial charge in [-0.15, -0.1) is 23.5 Å². The summed E-state index contributed by atoms with van der Waals surface area (Å²) in [5.74, 6) is -0.287. The predicted molar refractivity (Wildman–Crippen MR) is 156 cm³/mol. The van der Waals surface area contributed by atoms with Crippen LogP contribution in [0.5, 0.6) is 0 Å².